The molecule has 0 bridgehead atoms. The summed E-state index contributed by atoms with van der Waals surface area (Å²) >= 11 is 0. The number of hydrogen-bond donors (Lipinski definition) is 1. The van der Waals surface area contributed by atoms with Gasteiger partial charge in [0.15, 0.2) is 0 Å². The van der Waals surface area contributed by atoms with Crippen LogP contribution in [0.1, 0.15) is 22.5 Å². The number of methoxy groups -OCH3 is 1. The molecule has 2 aromatic carbocycles. The van der Waals surface area contributed by atoms with Gasteiger partial charge in [-0.3, -0.25) is 14.6 Å². The highest BCUT2D eigenvalue weighted by atomic mass is 19.1. The minimum Gasteiger partial charge on any atom is -0.497 e. The van der Waals surface area contributed by atoms with Gasteiger partial charge in [0, 0.05) is 24.2 Å². The summed E-state index contributed by atoms with van der Waals surface area (Å²) in [6.07, 6.45) is 3.96. The molecule has 0 spiro atoms. The first-order chi connectivity index (χ1) is 16.5. The molecular formula is C25H27FN4O4. The lowest BCUT2D eigenvalue weighted by molar-refractivity contribution is 0.0219. The summed E-state index contributed by atoms with van der Waals surface area (Å²) < 4.78 is 24.8. The zero-order chi connectivity index (χ0) is 23.9. The van der Waals surface area contributed by atoms with Crippen molar-refractivity contribution in [3.63, 3.8) is 0 Å². The molecule has 0 saturated carbocycles. The third-order valence-electron chi connectivity index (χ3n) is 5.60. The Morgan fingerprint density at radius 2 is 1.91 bits per heavy atom. The minimum atomic E-state index is -0.584. The maximum atomic E-state index is 13.9. The van der Waals surface area contributed by atoms with Crippen molar-refractivity contribution >= 4 is 5.91 Å². The summed E-state index contributed by atoms with van der Waals surface area (Å²) in [5.41, 5.74) is 3.94. The molecule has 8 nitrogen and oxygen atoms in total. The van der Waals surface area contributed by atoms with E-state index in [2.05, 4.69) is 27.4 Å². The maximum Gasteiger partial charge on any atom is 0.295 e. The molecule has 1 aromatic heterocycles. The zero-order valence-corrected chi connectivity index (χ0v) is 19.2. The average Bonchev–Trinajstić information content (AvgIpc) is 2.84. The number of benzene rings is 2. The number of carbonyl (C=O) groups excluding carboxylic acids is 1. The van der Waals surface area contributed by atoms with Crippen LogP contribution in [0, 0.1) is 11.7 Å². The van der Waals surface area contributed by atoms with E-state index in [9.17, 15) is 9.18 Å². The molecule has 1 N–H and O–H groups in total. The first-order valence-electron chi connectivity index (χ1n) is 11.0. The standard InChI is InChI=1S/C25H27FN4O4/c1-30-14-17(15-30)9-10-33-20-5-3-18(4-6-20)23-12-27-13-24(28-23)25(31)29-34-16-19-11-21(32-2)7-8-22(19)26/h3-8,11-13,17H,9-10,14-16H2,1-2H3,(H,29,31). The van der Waals surface area contributed by atoms with E-state index >= 15 is 0 Å². The van der Waals surface area contributed by atoms with E-state index in [-0.39, 0.29) is 17.9 Å². The van der Waals surface area contributed by atoms with Gasteiger partial charge in [0.1, 0.15) is 29.6 Å². The van der Waals surface area contributed by atoms with E-state index in [1.807, 2.05) is 24.3 Å². The molecule has 9 heteroatoms. The van der Waals surface area contributed by atoms with Crippen molar-refractivity contribution < 1.29 is 23.5 Å². The predicted molar refractivity (Wildman–Crippen MR) is 124 cm³/mol. The highest BCUT2D eigenvalue weighted by Gasteiger charge is 2.22. The monoisotopic (exact) mass is 466 g/mol. The second kappa shape index (κ2) is 11.0. The van der Waals surface area contributed by atoms with Gasteiger partial charge >= 0.3 is 0 Å². The van der Waals surface area contributed by atoms with Crippen molar-refractivity contribution in [2.24, 2.45) is 5.92 Å². The fraction of sp³-hybridized carbons (Fsp3) is 0.320. The van der Waals surface area contributed by atoms with Gasteiger partial charge in [-0.2, -0.15) is 0 Å². The molecular weight excluding hydrogens is 439 g/mol. The molecule has 3 aromatic rings. The van der Waals surface area contributed by atoms with Gasteiger partial charge < -0.3 is 14.4 Å². The van der Waals surface area contributed by atoms with Crippen molar-refractivity contribution in [2.45, 2.75) is 13.0 Å². The lowest BCUT2D eigenvalue weighted by Crippen LogP contribution is -2.44. The van der Waals surface area contributed by atoms with E-state index in [1.165, 1.54) is 31.5 Å². The van der Waals surface area contributed by atoms with Gasteiger partial charge in [0.2, 0.25) is 0 Å². The third kappa shape index (κ3) is 6.06. The molecule has 0 aliphatic carbocycles. The summed E-state index contributed by atoms with van der Waals surface area (Å²) in [4.78, 5) is 28.4. The second-order valence-corrected chi connectivity index (χ2v) is 8.22. The van der Waals surface area contributed by atoms with Crippen LogP contribution in [0.5, 0.6) is 11.5 Å². The fourth-order valence-electron chi connectivity index (χ4n) is 3.71. The van der Waals surface area contributed by atoms with E-state index in [0.717, 1.165) is 30.8 Å². The van der Waals surface area contributed by atoms with Gasteiger partial charge in [-0.1, -0.05) is 0 Å². The van der Waals surface area contributed by atoms with Crippen molar-refractivity contribution in [3.8, 4) is 22.8 Å². The maximum absolute atomic E-state index is 13.9. The summed E-state index contributed by atoms with van der Waals surface area (Å²) in [7, 11) is 3.61. The average molecular weight is 467 g/mol. The summed E-state index contributed by atoms with van der Waals surface area (Å²) in [6.45, 7) is 2.79. The van der Waals surface area contributed by atoms with E-state index in [4.69, 9.17) is 14.3 Å². The Labute approximate surface area is 197 Å². The molecule has 1 fully saturated rings. The van der Waals surface area contributed by atoms with Gasteiger partial charge in [0.05, 0.1) is 31.8 Å². The van der Waals surface area contributed by atoms with Crippen LogP contribution in [0.25, 0.3) is 11.3 Å². The lowest BCUT2D eigenvalue weighted by atomic mass is 9.98. The largest absolute Gasteiger partial charge is 0.497 e. The fourth-order valence-corrected chi connectivity index (χ4v) is 3.71. The van der Waals surface area contributed by atoms with Crippen LogP contribution in [0.4, 0.5) is 4.39 Å². The number of hydroxylamine groups is 1. The molecule has 1 aliphatic heterocycles. The third-order valence-corrected chi connectivity index (χ3v) is 5.60. The number of hydrogen-bond acceptors (Lipinski definition) is 7. The zero-order valence-electron chi connectivity index (χ0n) is 19.2. The van der Waals surface area contributed by atoms with Crippen molar-refractivity contribution in [1.29, 1.82) is 0 Å². The van der Waals surface area contributed by atoms with Crippen LogP contribution in [0.3, 0.4) is 0 Å². The lowest BCUT2D eigenvalue weighted by Gasteiger charge is -2.36. The molecule has 4 rings (SSSR count). The SMILES string of the molecule is COc1ccc(F)c(CONC(=O)c2cncc(-c3ccc(OCCC4CN(C)C4)cc3)n2)c1. The van der Waals surface area contributed by atoms with Gasteiger partial charge in [-0.15, -0.1) is 0 Å². The number of amides is 1. The number of nitrogens with one attached hydrogen (secondary N) is 1. The summed E-state index contributed by atoms with van der Waals surface area (Å²) in [5, 5.41) is 0. The van der Waals surface area contributed by atoms with E-state index in [1.54, 1.807) is 6.20 Å². The van der Waals surface area contributed by atoms with Crippen molar-refractivity contribution in [1.82, 2.24) is 20.3 Å². The van der Waals surface area contributed by atoms with Crippen LogP contribution >= 0.6 is 0 Å². The molecule has 34 heavy (non-hydrogen) atoms. The minimum absolute atomic E-state index is 0.0782. The molecule has 0 unspecified atom stereocenters. The molecule has 0 atom stereocenters. The smallest absolute Gasteiger partial charge is 0.295 e. The first kappa shape index (κ1) is 23.6. The Kier molecular flexibility index (Phi) is 7.66. The number of carbonyl (C=O) groups is 1. The Morgan fingerprint density at radius 1 is 1.15 bits per heavy atom. The Morgan fingerprint density at radius 3 is 2.65 bits per heavy atom. The highest BCUT2D eigenvalue weighted by molar-refractivity contribution is 5.91. The highest BCUT2D eigenvalue weighted by Crippen LogP contribution is 2.22. The van der Waals surface area contributed by atoms with Gasteiger partial charge in [0.25, 0.3) is 5.91 Å². The number of halogens is 1. The van der Waals surface area contributed by atoms with Crippen LogP contribution in [-0.2, 0) is 11.4 Å². The number of likely N-dealkylation sites (tertiary alicyclic amines) is 1. The van der Waals surface area contributed by atoms with Crippen molar-refractivity contribution in [2.75, 3.05) is 33.9 Å². The summed E-state index contributed by atoms with van der Waals surface area (Å²) in [6, 6.07) is 11.8. The molecule has 2 heterocycles. The Bertz CT molecular complexity index is 1120. The molecule has 0 radical (unpaired) electrons. The van der Waals surface area contributed by atoms with Gasteiger partial charge in [-0.25, -0.2) is 14.9 Å². The molecule has 1 saturated heterocycles. The predicted octanol–water partition coefficient (Wildman–Crippen LogP) is 3.48. The van der Waals surface area contributed by atoms with Crippen LogP contribution in [-0.4, -0.2) is 54.6 Å². The van der Waals surface area contributed by atoms with Gasteiger partial charge in [-0.05, 0) is 61.9 Å². The Balaban J connectivity index is 1.30. The molecule has 1 aliphatic rings. The number of aromatic nitrogens is 2. The Hall–Kier alpha value is -3.56. The molecule has 1 amide bonds. The first-order valence-corrected chi connectivity index (χ1v) is 11.0. The van der Waals surface area contributed by atoms with E-state index < -0.39 is 11.7 Å². The quantitative estimate of drug-likeness (QED) is 0.458. The van der Waals surface area contributed by atoms with E-state index in [0.29, 0.717) is 24.0 Å². The number of nitrogens with zero attached hydrogens (tertiary/aromatic N) is 3. The molecule has 178 valence electrons. The second-order valence-electron chi connectivity index (χ2n) is 8.22. The summed E-state index contributed by atoms with van der Waals surface area (Å²) in [5.74, 6) is 0.954. The number of rotatable bonds is 10. The van der Waals surface area contributed by atoms with Crippen LogP contribution in [0.15, 0.2) is 54.9 Å². The normalized spacial score (nSPS) is 13.9. The van der Waals surface area contributed by atoms with Crippen LogP contribution < -0.4 is 15.0 Å². The number of ether oxygens (including phenoxy) is 2. The van der Waals surface area contributed by atoms with Crippen molar-refractivity contribution in [3.05, 3.63) is 71.9 Å². The van der Waals surface area contributed by atoms with Crippen LogP contribution in [0.2, 0.25) is 0 Å². The topological polar surface area (TPSA) is 85.8 Å².